The maximum Gasteiger partial charge on any atom is 0.0799 e. The monoisotopic (exact) mass is 409 g/mol. The Morgan fingerprint density at radius 1 is 0.345 bits per heavy atom. The van der Waals surface area contributed by atoms with E-state index in [4.69, 9.17) is 5.11 Å². The third kappa shape index (κ3) is 28.0. The summed E-state index contributed by atoms with van der Waals surface area (Å²) in [6.45, 7) is 3.60. The summed E-state index contributed by atoms with van der Waals surface area (Å²) in [5, 5.41) is 8.62. The van der Waals surface area contributed by atoms with Gasteiger partial charge < -0.3 is 5.11 Å². The van der Waals surface area contributed by atoms with E-state index in [1.807, 2.05) is 0 Å². The minimum atomic E-state index is 0.874. The molecule has 0 aromatic carbocycles. The van der Waals surface area contributed by atoms with Crippen LogP contribution in [-0.2, 0) is 0 Å². The van der Waals surface area contributed by atoms with Crippen LogP contribution >= 0.6 is 0 Å². The molecule has 1 radical (unpaired) electrons. The SMILES string of the molecule is CCCCCCCCCCCCCCCCCCCCCCCCCCC[CH]O. The van der Waals surface area contributed by atoms with Crippen molar-refractivity contribution in [1.82, 2.24) is 0 Å². The van der Waals surface area contributed by atoms with Crippen molar-refractivity contribution in [3.05, 3.63) is 6.61 Å². The molecule has 1 N–H and O–H groups in total. The van der Waals surface area contributed by atoms with Gasteiger partial charge in [-0.25, -0.2) is 0 Å². The van der Waals surface area contributed by atoms with E-state index in [-0.39, 0.29) is 0 Å². The normalized spacial score (nSPS) is 11.4. The Labute approximate surface area is 185 Å². The second kappa shape index (κ2) is 28.0. The average molecular weight is 410 g/mol. The Bertz CT molecular complexity index is 237. The second-order valence-corrected chi connectivity index (χ2v) is 9.46. The molecule has 0 aromatic heterocycles. The van der Waals surface area contributed by atoms with Crippen molar-refractivity contribution in [3.8, 4) is 0 Å². The fourth-order valence-corrected chi connectivity index (χ4v) is 4.37. The third-order valence-electron chi connectivity index (χ3n) is 6.44. The first kappa shape index (κ1) is 29.0. The number of aliphatic hydroxyl groups is 1. The first-order valence-electron chi connectivity index (χ1n) is 13.9. The van der Waals surface area contributed by atoms with Crippen molar-refractivity contribution in [2.45, 2.75) is 174 Å². The molecule has 0 aliphatic heterocycles. The van der Waals surface area contributed by atoms with E-state index in [1.165, 1.54) is 161 Å². The van der Waals surface area contributed by atoms with E-state index in [0.29, 0.717) is 0 Å². The number of unbranched alkanes of at least 4 members (excludes halogenated alkanes) is 25. The number of rotatable bonds is 26. The van der Waals surface area contributed by atoms with Crippen LogP contribution in [0, 0.1) is 6.61 Å². The van der Waals surface area contributed by atoms with Crippen molar-refractivity contribution in [1.29, 1.82) is 0 Å². The molecule has 0 aromatic rings. The standard InChI is InChI=1S/C28H57O/c1-2-3-4-5-6-7-8-9-10-11-12-13-14-15-16-17-18-19-20-21-22-23-24-25-26-27-28-29/h28-29H,2-27H2,1H3. The Hall–Kier alpha value is -0.0400. The predicted molar refractivity (Wildman–Crippen MR) is 132 cm³/mol. The summed E-state index contributed by atoms with van der Waals surface area (Å²) < 4.78 is 0. The summed E-state index contributed by atoms with van der Waals surface area (Å²) in [7, 11) is 0. The summed E-state index contributed by atoms with van der Waals surface area (Å²) in [5.74, 6) is 0. The van der Waals surface area contributed by atoms with E-state index < -0.39 is 0 Å². The largest absolute Gasteiger partial charge is 0.390 e. The molecule has 29 heavy (non-hydrogen) atoms. The van der Waals surface area contributed by atoms with Crippen LogP contribution in [-0.4, -0.2) is 5.11 Å². The highest BCUT2D eigenvalue weighted by Crippen LogP contribution is 2.15. The minimum absolute atomic E-state index is 0.874. The lowest BCUT2D eigenvalue weighted by Gasteiger charge is -2.04. The molecule has 0 atom stereocenters. The molecule has 0 saturated heterocycles. The lowest BCUT2D eigenvalue weighted by Crippen LogP contribution is -1.84. The fraction of sp³-hybridized carbons (Fsp3) is 0.964. The van der Waals surface area contributed by atoms with Crippen LogP contribution in [0.2, 0.25) is 0 Å². The van der Waals surface area contributed by atoms with Crippen LogP contribution in [0.25, 0.3) is 0 Å². The van der Waals surface area contributed by atoms with Gasteiger partial charge in [0.2, 0.25) is 0 Å². The Morgan fingerprint density at radius 2 is 0.552 bits per heavy atom. The third-order valence-corrected chi connectivity index (χ3v) is 6.44. The number of aliphatic hydroxyl groups excluding tert-OH is 1. The summed E-state index contributed by atoms with van der Waals surface area (Å²) in [4.78, 5) is 0. The van der Waals surface area contributed by atoms with Gasteiger partial charge in [-0.3, -0.25) is 0 Å². The van der Waals surface area contributed by atoms with Crippen LogP contribution in [0.15, 0.2) is 0 Å². The van der Waals surface area contributed by atoms with Gasteiger partial charge >= 0.3 is 0 Å². The van der Waals surface area contributed by atoms with Crippen molar-refractivity contribution >= 4 is 0 Å². The zero-order chi connectivity index (χ0) is 21.1. The topological polar surface area (TPSA) is 20.2 Å². The Kier molecular flexibility index (Phi) is 27.9. The van der Waals surface area contributed by atoms with E-state index in [1.54, 1.807) is 0 Å². The molecule has 0 heterocycles. The van der Waals surface area contributed by atoms with Gasteiger partial charge in [-0.2, -0.15) is 0 Å². The molecule has 0 rings (SSSR count). The van der Waals surface area contributed by atoms with Gasteiger partial charge in [-0.15, -0.1) is 0 Å². The molecule has 1 heteroatoms. The van der Waals surface area contributed by atoms with Gasteiger partial charge in [0, 0.05) is 0 Å². The molecule has 0 saturated carbocycles. The predicted octanol–water partition coefficient (Wildman–Crippen LogP) is 10.7. The maximum atomic E-state index is 8.62. The summed E-state index contributed by atoms with van der Waals surface area (Å²) >= 11 is 0. The van der Waals surface area contributed by atoms with Gasteiger partial charge in [0.25, 0.3) is 0 Å². The van der Waals surface area contributed by atoms with E-state index in [9.17, 15) is 0 Å². The van der Waals surface area contributed by atoms with Gasteiger partial charge in [0.1, 0.15) is 0 Å². The Morgan fingerprint density at radius 3 is 0.759 bits per heavy atom. The highest BCUT2D eigenvalue weighted by molar-refractivity contribution is 4.52. The molecule has 175 valence electrons. The zero-order valence-corrected chi connectivity index (χ0v) is 20.4. The molecule has 0 fully saturated rings. The summed E-state index contributed by atoms with van der Waals surface area (Å²) in [6, 6.07) is 0. The smallest absolute Gasteiger partial charge is 0.0799 e. The molecule has 1 nitrogen and oxygen atoms in total. The molecular formula is C28H57O. The van der Waals surface area contributed by atoms with Gasteiger partial charge in [0.05, 0.1) is 6.61 Å². The lowest BCUT2D eigenvalue weighted by molar-refractivity contribution is 0.367. The van der Waals surface area contributed by atoms with Crippen LogP contribution in [0.3, 0.4) is 0 Å². The maximum absolute atomic E-state index is 8.62. The molecule has 0 aliphatic carbocycles. The van der Waals surface area contributed by atoms with Crippen molar-refractivity contribution in [3.63, 3.8) is 0 Å². The highest BCUT2D eigenvalue weighted by Gasteiger charge is 1.96. The highest BCUT2D eigenvalue weighted by atomic mass is 16.2. The number of hydrogen-bond donors (Lipinski definition) is 1. The van der Waals surface area contributed by atoms with Crippen molar-refractivity contribution in [2.24, 2.45) is 0 Å². The summed E-state index contributed by atoms with van der Waals surface area (Å²) in [6.07, 6.45) is 36.8. The quantitative estimate of drug-likeness (QED) is 0.141. The second-order valence-electron chi connectivity index (χ2n) is 9.46. The van der Waals surface area contributed by atoms with Gasteiger partial charge in [-0.1, -0.05) is 167 Å². The van der Waals surface area contributed by atoms with Crippen LogP contribution in [0.4, 0.5) is 0 Å². The van der Waals surface area contributed by atoms with Crippen LogP contribution in [0.1, 0.15) is 174 Å². The van der Waals surface area contributed by atoms with Crippen molar-refractivity contribution < 1.29 is 5.11 Å². The molecular weight excluding hydrogens is 352 g/mol. The first-order valence-corrected chi connectivity index (χ1v) is 13.9. The van der Waals surface area contributed by atoms with Gasteiger partial charge in [0.15, 0.2) is 0 Å². The number of hydrogen-bond acceptors (Lipinski definition) is 1. The van der Waals surface area contributed by atoms with Crippen molar-refractivity contribution in [2.75, 3.05) is 0 Å². The molecule has 0 aliphatic rings. The molecule has 0 bridgehead atoms. The average Bonchev–Trinajstić information content (AvgIpc) is 2.74. The zero-order valence-electron chi connectivity index (χ0n) is 20.4. The Balaban J connectivity index is 2.97. The first-order chi connectivity index (χ1) is 14.4. The molecule has 0 amide bonds. The minimum Gasteiger partial charge on any atom is -0.390 e. The van der Waals surface area contributed by atoms with Crippen LogP contribution in [0.5, 0.6) is 0 Å². The fourth-order valence-electron chi connectivity index (χ4n) is 4.37. The lowest BCUT2D eigenvalue weighted by atomic mass is 10.0. The van der Waals surface area contributed by atoms with Gasteiger partial charge in [-0.05, 0) is 6.42 Å². The molecule has 0 unspecified atom stereocenters. The van der Waals surface area contributed by atoms with E-state index >= 15 is 0 Å². The summed E-state index contributed by atoms with van der Waals surface area (Å²) in [5.41, 5.74) is 0. The van der Waals surface area contributed by atoms with E-state index in [0.717, 1.165) is 12.8 Å². The van der Waals surface area contributed by atoms with Crippen LogP contribution < -0.4 is 0 Å². The molecule has 0 spiro atoms. The van der Waals surface area contributed by atoms with E-state index in [2.05, 4.69) is 6.92 Å².